The van der Waals surface area contributed by atoms with Gasteiger partial charge in [-0.05, 0) is 80.3 Å². The number of dihydropyridines is 1. The first-order valence-electron chi connectivity index (χ1n) is 12.7. The van der Waals surface area contributed by atoms with Gasteiger partial charge in [0.05, 0.1) is 5.57 Å². The highest BCUT2D eigenvalue weighted by atomic mass is 16.7. The molecule has 3 N–H and O–H groups in total. The van der Waals surface area contributed by atoms with E-state index in [0.29, 0.717) is 35.4 Å². The number of carbonyl (C=O) groups excluding carboxylic acids is 2. The Labute approximate surface area is 210 Å². The van der Waals surface area contributed by atoms with Crippen molar-refractivity contribution in [3.8, 4) is 11.5 Å². The first-order valence-corrected chi connectivity index (χ1v) is 12.7. The van der Waals surface area contributed by atoms with E-state index in [4.69, 9.17) is 19.9 Å². The van der Waals surface area contributed by atoms with Crippen LogP contribution in [0.25, 0.3) is 0 Å². The van der Waals surface area contributed by atoms with Crippen LogP contribution in [0.2, 0.25) is 0 Å². The molecule has 2 heterocycles. The van der Waals surface area contributed by atoms with Crippen molar-refractivity contribution in [3.63, 3.8) is 0 Å². The first-order chi connectivity index (χ1) is 17.5. The Morgan fingerprint density at radius 2 is 1.83 bits per heavy atom. The van der Waals surface area contributed by atoms with Crippen LogP contribution >= 0.6 is 0 Å². The predicted octanol–water partition coefficient (Wildman–Crippen LogP) is 4.84. The Kier molecular flexibility index (Phi) is 5.70. The lowest BCUT2D eigenvalue weighted by atomic mass is 9.71. The number of carbonyl (C=O) groups is 2. The lowest BCUT2D eigenvalue weighted by molar-refractivity contribution is -0.144. The molecule has 1 fully saturated rings. The Balaban J connectivity index is 1.37. The summed E-state index contributed by atoms with van der Waals surface area (Å²) >= 11 is 0. The van der Waals surface area contributed by atoms with Crippen LogP contribution in [0.3, 0.4) is 0 Å². The quantitative estimate of drug-likeness (QED) is 0.471. The second kappa shape index (κ2) is 9.04. The Morgan fingerprint density at radius 1 is 1.03 bits per heavy atom. The molecule has 0 bridgehead atoms. The van der Waals surface area contributed by atoms with E-state index in [0.717, 1.165) is 54.0 Å². The molecule has 2 unspecified atom stereocenters. The summed E-state index contributed by atoms with van der Waals surface area (Å²) in [5.41, 5.74) is 11.3. The van der Waals surface area contributed by atoms with Gasteiger partial charge in [0.15, 0.2) is 17.3 Å². The number of allylic oxidation sites excluding steroid dienone is 3. The van der Waals surface area contributed by atoms with E-state index < -0.39 is 5.92 Å². The molecule has 1 saturated carbocycles. The highest BCUT2D eigenvalue weighted by molar-refractivity contribution is 6.04. The molecule has 2 aromatic rings. The number of anilines is 1. The summed E-state index contributed by atoms with van der Waals surface area (Å²) in [5, 5.41) is 3.42. The summed E-state index contributed by atoms with van der Waals surface area (Å²) in [6.45, 7) is 2.10. The first kappa shape index (κ1) is 22.7. The zero-order valence-electron chi connectivity index (χ0n) is 20.3. The third kappa shape index (κ3) is 4.02. The molecule has 0 spiro atoms. The van der Waals surface area contributed by atoms with Crippen molar-refractivity contribution in [2.24, 2.45) is 0 Å². The van der Waals surface area contributed by atoms with Crippen molar-refractivity contribution >= 4 is 17.4 Å². The number of Topliss-reactive ketones (excluding diaryl/α,β-unsaturated/α-hetero) is 1. The van der Waals surface area contributed by atoms with E-state index in [2.05, 4.69) is 5.32 Å². The molecule has 0 radical (unpaired) electrons. The molecule has 0 aromatic heterocycles. The minimum absolute atomic E-state index is 0.000432. The van der Waals surface area contributed by atoms with Crippen LogP contribution in [0.15, 0.2) is 65.0 Å². The van der Waals surface area contributed by atoms with Gasteiger partial charge in [-0.1, -0.05) is 18.2 Å². The molecule has 7 nitrogen and oxygen atoms in total. The second-order valence-electron chi connectivity index (χ2n) is 10.1. The Bertz CT molecular complexity index is 1300. The van der Waals surface area contributed by atoms with Crippen LogP contribution in [-0.4, -0.2) is 24.6 Å². The van der Waals surface area contributed by atoms with Gasteiger partial charge < -0.3 is 25.3 Å². The molecule has 36 heavy (non-hydrogen) atoms. The van der Waals surface area contributed by atoms with Crippen LogP contribution < -0.4 is 20.5 Å². The number of benzene rings is 2. The van der Waals surface area contributed by atoms with Crippen molar-refractivity contribution in [2.75, 3.05) is 12.5 Å². The molecule has 6 rings (SSSR count). The maximum Gasteiger partial charge on any atom is 0.337 e. The monoisotopic (exact) mass is 486 g/mol. The van der Waals surface area contributed by atoms with Crippen LogP contribution in [0.5, 0.6) is 11.5 Å². The highest BCUT2D eigenvalue weighted by Gasteiger charge is 2.42. The molecular weight excluding hydrogens is 456 g/mol. The normalized spacial score (nSPS) is 23.5. The average molecular weight is 487 g/mol. The molecule has 2 aliphatic heterocycles. The lowest BCUT2D eigenvalue weighted by Gasteiger charge is -2.37. The molecule has 0 amide bonds. The van der Waals surface area contributed by atoms with Crippen LogP contribution in [0, 0.1) is 0 Å². The van der Waals surface area contributed by atoms with Crippen molar-refractivity contribution in [2.45, 2.75) is 63.4 Å². The zero-order valence-corrected chi connectivity index (χ0v) is 20.3. The van der Waals surface area contributed by atoms with E-state index in [1.165, 1.54) is 0 Å². The molecule has 0 saturated heterocycles. The third-order valence-electron chi connectivity index (χ3n) is 7.74. The summed E-state index contributed by atoms with van der Waals surface area (Å²) in [4.78, 5) is 27.3. The molecule has 2 aliphatic carbocycles. The van der Waals surface area contributed by atoms with Gasteiger partial charge in [-0.15, -0.1) is 0 Å². The SMILES string of the molecule is CC1=C(C(=O)OC2CCCC2)C(c2cccc(N)c2)C2=C(CC(c3ccc4c(c3)OCO4)CC2=O)N1. The van der Waals surface area contributed by atoms with E-state index in [-0.39, 0.29) is 30.6 Å². The number of ketones is 1. The summed E-state index contributed by atoms with van der Waals surface area (Å²) in [6, 6.07) is 13.3. The van der Waals surface area contributed by atoms with Crippen molar-refractivity contribution in [1.29, 1.82) is 0 Å². The number of nitrogens with two attached hydrogens (primary N) is 1. The van der Waals surface area contributed by atoms with Crippen LogP contribution in [0.1, 0.15) is 68.4 Å². The lowest BCUT2D eigenvalue weighted by Crippen LogP contribution is -2.36. The van der Waals surface area contributed by atoms with Gasteiger partial charge in [0.1, 0.15) is 6.10 Å². The number of hydrogen-bond donors (Lipinski definition) is 2. The molecule has 4 aliphatic rings. The van der Waals surface area contributed by atoms with Gasteiger partial charge in [0.25, 0.3) is 0 Å². The van der Waals surface area contributed by atoms with Crippen molar-refractivity contribution < 1.29 is 23.8 Å². The Hall–Kier alpha value is -3.74. The molecule has 186 valence electrons. The maximum absolute atomic E-state index is 13.8. The van der Waals surface area contributed by atoms with Gasteiger partial charge in [-0.3, -0.25) is 4.79 Å². The number of esters is 1. The van der Waals surface area contributed by atoms with Crippen molar-refractivity contribution in [3.05, 3.63) is 76.1 Å². The largest absolute Gasteiger partial charge is 0.459 e. The van der Waals surface area contributed by atoms with Gasteiger partial charge in [-0.2, -0.15) is 0 Å². The van der Waals surface area contributed by atoms with Crippen LogP contribution in [0.4, 0.5) is 5.69 Å². The molecule has 2 atom stereocenters. The average Bonchev–Trinajstić information content (AvgIpc) is 3.54. The predicted molar refractivity (Wildman–Crippen MR) is 134 cm³/mol. The standard InChI is InChI=1S/C29H30N2O5/c1-16-26(29(33)36-21-7-2-3-8-21)27(18-5-4-6-20(30)11-18)28-22(31-16)12-19(13-23(28)32)17-9-10-24-25(14-17)35-15-34-24/h4-6,9-11,14,19,21,27,31H,2-3,7-8,12-13,15,30H2,1H3. The smallest absolute Gasteiger partial charge is 0.337 e. The fraction of sp³-hybridized carbons (Fsp3) is 0.379. The minimum atomic E-state index is -0.510. The van der Waals surface area contributed by atoms with Gasteiger partial charge in [-0.25, -0.2) is 4.79 Å². The summed E-state index contributed by atoms with van der Waals surface area (Å²) in [5.74, 6) is 0.599. The summed E-state index contributed by atoms with van der Waals surface area (Å²) in [7, 11) is 0. The summed E-state index contributed by atoms with van der Waals surface area (Å²) in [6.07, 6.45) is 4.86. The maximum atomic E-state index is 13.8. The van der Waals surface area contributed by atoms with E-state index >= 15 is 0 Å². The van der Waals surface area contributed by atoms with Gasteiger partial charge >= 0.3 is 5.97 Å². The van der Waals surface area contributed by atoms with Gasteiger partial charge in [0.2, 0.25) is 6.79 Å². The zero-order chi connectivity index (χ0) is 24.8. The third-order valence-corrected chi connectivity index (χ3v) is 7.74. The number of ether oxygens (including phenoxy) is 3. The van der Waals surface area contributed by atoms with Crippen LogP contribution in [-0.2, 0) is 14.3 Å². The fourth-order valence-corrected chi connectivity index (χ4v) is 6.01. The summed E-state index contributed by atoms with van der Waals surface area (Å²) < 4.78 is 16.9. The topological polar surface area (TPSA) is 99.9 Å². The molecule has 2 aromatic carbocycles. The number of nitrogen functional groups attached to an aromatic ring is 1. The van der Waals surface area contributed by atoms with E-state index in [9.17, 15) is 9.59 Å². The molecule has 7 heteroatoms. The number of fused-ring (bicyclic) bond motifs is 1. The van der Waals surface area contributed by atoms with Crippen molar-refractivity contribution in [1.82, 2.24) is 5.32 Å². The molecular formula is C29H30N2O5. The minimum Gasteiger partial charge on any atom is -0.459 e. The second-order valence-corrected chi connectivity index (χ2v) is 10.1. The number of hydrogen-bond acceptors (Lipinski definition) is 7. The Morgan fingerprint density at radius 3 is 2.64 bits per heavy atom. The van der Waals surface area contributed by atoms with E-state index in [1.807, 2.05) is 49.4 Å². The fourth-order valence-electron chi connectivity index (χ4n) is 6.01. The van der Waals surface area contributed by atoms with Gasteiger partial charge in [0, 0.05) is 35.0 Å². The van der Waals surface area contributed by atoms with E-state index in [1.54, 1.807) is 0 Å². The highest BCUT2D eigenvalue weighted by Crippen LogP contribution is 2.47. The number of nitrogens with one attached hydrogen (secondary N) is 1. The number of rotatable bonds is 4.